The summed E-state index contributed by atoms with van der Waals surface area (Å²) in [6.45, 7) is 4.52. The fraction of sp³-hybridized carbons (Fsp3) is 0.606. The van der Waals surface area contributed by atoms with Crippen molar-refractivity contribution in [1.82, 2.24) is 0 Å². The van der Waals surface area contributed by atoms with E-state index in [2.05, 4.69) is 6.92 Å². The first-order valence-corrected chi connectivity index (χ1v) is 15.6. The van der Waals surface area contributed by atoms with Crippen LogP contribution in [-0.4, -0.2) is 42.8 Å². The molecule has 1 amide bonds. The summed E-state index contributed by atoms with van der Waals surface area (Å²) in [5.74, 6) is 0.986. The summed E-state index contributed by atoms with van der Waals surface area (Å²) < 4.78 is 17.5. The third-order valence-corrected chi connectivity index (χ3v) is 7.29. The molecule has 0 heterocycles. The summed E-state index contributed by atoms with van der Waals surface area (Å²) >= 11 is 0. The van der Waals surface area contributed by atoms with Crippen LogP contribution in [-0.2, 0) is 4.79 Å². The molecule has 9 heteroatoms. The van der Waals surface area contributed by atoms with Gasteiger partial charge in [-0.2, -0.15) is 0 Å². The maximum absolute atomic E-state index is 11.9. The average molecular weight is 587 g/mol. The third kappa shape index (κ3) is 13.4. The highest BCUT2D eigenvalue weighted by atomic mass is 16.6. The number of nitro benzene ring substituents is 1. The largest absolute Gasteiger partial charge is 0.506 e. The molecule has 0 spiro atoms. The van der Waals surface area contributed by atoms with Crippen LogP contribution in [0.15, 0.2) is 36.4 Å². The summed E-state index contributed by atoms with van der Waals surface area (Å²) in [5, 5.41) is 21.4. The summed E-state index contributed by atoms with van der Waals surface area (Å²) in [5.41, 5.74) is 0.308. The highest BCUT2D eigenvalue weighted by Crippen LogP contribution is 2.39. The van der Waals surface area contributed by atoms with Crippen molar-refractivity contribution >= 4 is 17.3 Å². The molecule has 0 radical (unpaired) electrons. The average Bonchev–Trinajstić information content (AvgIpc) is 2.97. The molecule has 0 saturated carbocycles. The van der Waals surface area contributed by atoms with Gasteiger partial charge < -0.3 is 24.2 Å². The minimum Gasteiger partial charge on any atom is -0.506 e. The highest BCUT2D eigenvalue weighted by Gasteiger charge is 2.17. The third-order valence-electron chi connectivity index (χ3n) is 7.29. The number of nitrogens with zero attached hydrogens (tertiary/aromatic N) is 2. The Kier molecular flexibility index (Phi) is 16.9. The van der Waals surface area contributed by atoms with E-state index in [1.165, 1.54) is 119 Å². The Hall–Kier alpha value is -3.49. The Morgan fingerprint density at radius 1 is 0.762 bits per heavy atom. The Morgan fingerprint density at radius 2 is 1.24 bits per heavy atom. The van der Waals surface area contributed by atoms with Crippen LogP contribution in [0.3, 0.4) is 0 Å². The van der Waals surface area contributed by atoms with E-state index >= 15 is 0 Å². The van der Waals surface area contributed by atoms with Gasteiger partial charge in [-0.05, 0) is 18.6 Å². The maximum Gasteiger partial charge on any atom is 0.269 e. The topological polar surface area (TPSA) is 111 Å². The number of benzene rings is 2. The molecular formula is C33H50N2O7. The number of ether oxygens (including phenoxy) is 3. The van der Waals surface area contributed by atoms with E-state index in [0.29, 0.717) is 29.5 Å². The zero-order chi connectivity index (χ0) is 30.6. The lowest BCUT2D eigenvalue weighted by Gasteiger charge is -2.20. The van der Waals surface area contributed by atoms with E-state index in [9.17, 15) is 20.0 Å². The number of phenols is 1. The van der Waals surface area contributed by atoms with E-state index in [0.717, 1.165) is 12.8 Å². The van der Waals surface area contributed by atoms with Gasteiger partial charge >= 0.3 is 0 Å². The molecule has 1 N–H and O–H groups in total. The van der Waals surface area contributed by atoms with Crippen LogP contribution >= 0.6 is 0 Å². The van der Waals surface area contributed by atoms with E-state index in [1.54, 1.807) is 13.1 Å². The Bertz CT molecular complexity index is 1060. The van der Waals surface area contributed by atoms with E-state index in [1.807, 2.05) is 0 Å². The number of carbonyl (C=O) groups excluding carboxylic acids is 1. The number of nitro groups is 1. The van der Waals surface area contributed by atoms with Crippen molar-refractivity contribution in [3.63, 3.8) is 0 Å². The molecule has 234 valence electrons. The molecule has 0 aliphatic carbocycles. The highest BCUT2D eigenvalue weighted by molar-refractivity contribution is 5.93. The number of unbranched alkanes of at least 4 members (excludes halogenated alkanes) is 13. The van der Waals surface area contributed by atoms with Crippen molar-refractivity contribution in [3.8, 4) is 23.0 Å². The number of rotatable bonds is 23. The maximum atomic E-state index is 11.9. The lowest BCUT2D eigenvalue weighted by molar-refractivity contribution is -0.384. The van der Waals surface area contributed by atoms with Gasteiger partial charge in [0.25, 0.3) is 5.69 Å². The predicted octanol–water partition coefficient (Wildman–Crippen LogP) is 8.60. The van der Waals surface area contributed by atoms with Gasteiger partial charge in [0, 0.05) is 38.2 Å². The summed E-state index contributed by atoms with van der Waals surface area (Å²) in [7, 11) is 1.58. The van der Waals surface area contributed by atoms with E-state index in [-0.39, 0.29) is 30.6 Å². The van der Waals surface area contributed by atoms with Crippen molar-refractivity contribution in [2.24, 2.45) is 0 Å². The number of non-ortho nitro benzene ring substituents is 1. The molecule has 0 aliphatic heterocycles. The summed E-state index contributed by atoms with van der Waals surface area (Å²) in [6.07, 6.45) is 17.9. The molecule has 0 fully saturated rings. The van der Waals surface area contributed by atoms with Crippen molar-refractivity contribution in [1.29, 1.82) is 0 Å². The second kappa shape index (κ2) is 20.4. The molecule has 0 aliphatic rings. The van der Waals surface area contributed by atoms with Gasteiger partial charge in [-0.15, -0.1) is 0 Å². The van der Waals surface area contributed by atoms with Gasteiger partial charge in [-0.25, -0.2) is 0 Å². The van der Waals surface area contributed by atoms with Crippen LogP contribution in [0.25, 0.3) is 0 Å². The Balaban J connectivity index is 1.74. The number of anilines is 1. The van der Waals surface area contributed by atoms with Crippen LogP contribution in [0, 0.1) is 10.1 Å². The molecule has 0 unspecified atom stereocenters. The van der Waals surface area contributed by atoms with Crippen LogP contribution in [0.5, 0.6) is 23.0 Å². The molecule has 42 heavy (non-hydrogen) atoms. The van der Waals surface area contributed by atoms with Crippen LogP contribution in [0.2, 0.25) is 0 Å². The first-order chi connectivity index (χ1) is 20.3. The van der Waals surface area contributed by atoms with Crippen molar-refractivity contribution in [3.05, 3.63) is 46.5 Å². The molecule has 0 bridgehead atoms. The van der Waals surface area contributed by atoms with Gasteiger partial charge in [0.15, 0.2) is 11.5 Å². The molecule has 2 rings (SSSR count). The molecule has 2 aromatic carbocycles. The lowest BCUT2D eigenvalue weighted by atomic mass is 10.0. The zero-order valence-corrected chi connectivity index (χ0v) is 25.8. The molecule has 9 nitrogen and oxygen atoms in total. The zero-order valence-electron chi connectivity index (χ0n) is 25.8. The fourth-order valence-electron chi connectivity index (χ4n) is 4.66. The number of hydrogen-bond donors (Lipinski definition) is 1. The number of amides is 1. The normalized spacial score (nSPS) is 10.8. The Labute approximate surface area is 251 Å². The molecule has 0 atom stereocenters. The second-order valence-electron chi connectivity index (χ2n) is 10.8. The van der Waals surface area contributed by atoms with Gasteiger partial charge in [-0.1, -0.05) is 90.4 Å². The molecule has 0 aromatic heterocycles. The molecule has 2 aromatic rings. The first-order valence-electron chi connectivity index (χ1n) is 15.6. The first kappa shape index (κ1) is 34.7. The smallest absolute Gasteiger partial charge is 0.269 e. The van der Waals surface area contributed by atoms with Crippen molar-refractivity contribution < 1.29 is 29.0 Å². The van der Waals surface area contributed by atoms with E-state index < -0.39 is 4.92 Å². The predicted molar refractivity (Wildman–Crippen MR) is 167 cm³/mol. The quantitative estimate of drug-likeness (QED) is 0.0788. The fourth-order valence-corrected chi connectivity index (χ4v) is 4.66. The van der Waals surface area contributed by atoms with Crippen LogP contribution < -0.4 is 19.1 Å². The van der Waals surface area contributed by atoms with Gasteiger partial charge in [0.1, 0.15) is 24.7 Å². The second-order valence-corrected chi connectivity index (χ2v) is 10.8. The van der Waals surface area contributed by atoms with Crippen LogP contribution in [0.4, 0.5) is 11.4 Å². The molecular weight excluding hydrogens is 536 g/mol. The van der Waals surface area contributed by atoms with Crippen molar-refractivity contribution in [2.75, 3.05) is 31.8 Å². The molecule has 0 saturated heterocycles. The van der Waals surface area contributed by atoms with Crippen molar-refractivity contribution in [2.45, 2.75) is 104 Å². The SMILES string of the molecule is CCCCCCCCCCCCCCCCOc1cc(O)c(N(C)C(C)=O)cc1OCCOc1ccc([N+](=O)[O-])cc1. The van der Waals surface area contributed by atoms with Crippen LogP contribution in [0.1, 0.15) is 104 Å². The van der Waals surface area contributed by atoms with Gasteiger partial charge in [0.05, 0.1) is 17.2 Å². The lowest BCUT2D eigenvalue weighted by Crippen LogP contribution is -2.23. The number of phenolic OH excluding ortho intramolecular Hbond substituents is 1. The number of aromatic hydroxyl groups is 1. The standard InChI is InChI=1S/C33H50N2O7/c1-4-5-6-7-8-9-10-11-12-13-14-15-16-17-22-41-33-26-31(37)30(34(3)27(2)36)25-32(33)42-24-23-40-29-20-18-28(19-21-29)35(38)39/h18-21,25-26,37H,4-17,22-24H2,1-3H3. The van der Waals surface area contributed by atoms with Gasteiger partial charge in [0.2, 0.25) is 5.91 Å². The Morgan fingerprint density at radius 3 is 1.76 bits per heavy atom. The minimum atomic E-state index is -0.465. The summed E-state index contributed by atoms with van der Waals surface area (Å²) in [4.78, 5) is 23.6. The number of carbonyl (C=O) groups is 1. The van der Waals surface area contributed by atoms with E-state index in [4.69, 9.17) is 14.2 Å². The monoisotopic (exact) mass is 586 g/mol. The summed E-state index contributed by atoms with van der Waals surface area (Å²) in [6, 6.07) is 8.88. The number of hydrogen-bond acceptors (Lipinski definition) is 7. The van der Waals surface area contributed by atoms with Gasteiger partial charge in [-0.3, -0.25) is 14.9 Å². The minimum absolute atomic E-state index is 0.00888.